The Morgan fingerprint density at radius 1 is 1.16 bits per heavy atom. The summed E-state index contributed by atoms with van der Waals surface area (Å²) in [5.74, 6) is 0.0697. The molecule has 2 aromatic heterocycles. The van der Waals surface area contributed by atoms with Gasteiger partial charge in [-0.05, 0) is 24.1 Å². The summed E-state index contributed by atoms with van der Waals surface area (Å²) in [4.78, 5) is 32.9. The lowest BCUT2D eigenvalue weighted by Crippen LogP contribution is -2.07. The van der Waals surface area contributed by atoms with Crippen LogP contribution in [0.25, 0.3) is 10.2 Å². The van der Waals surface area contributed by atoms with Gasteiger partial charge in [0.15, 0.2) is 0 Å². The lowest BCUT2D eigenvalue weighted by Gasteiger charge is -2.07. The summed E-state index contributed by atoms with van der Waals surface area (Å²) >= 11 is 1.24. The molecule has 0 saturated heterocycles. The highest BCUT2D eigenvalue weighted by Crippen LogP contribution is 2.35. The predicted molar refractivity (Wildman–Crippen MR) is 119 cm³/mol. The van der Waals surface area contributed by atoms with Crippen LogP contribution in [0.1, 0.15) is 20.8 Å². The molecule has 9 heteroatoms. The molecule has 2 heterocycles. The number of aryl methyl sites for hydroxylation is 1. The number of aromatic nitrogens is 2. The van der Waals surface area contributed by atoms with Gasteiger partial charge in [0.05, 0.1) is 16.9 Å². The number of carbonyl (C=O) groups excluding carboxylic acids is 1. The molecule has 0 fully saturated rings. The lowest BCUT2D eigenvalue weighted by molar-refractivity contribution is -0.384. The van der Waals surface area contributed by atoms with Gasteiger partial charge in [-0.2, -0.15) is 0 Å². The molecule has 0 unspecified atom stereocenters. The van der Waals surface area contributed by atoms with E-state index in [0.717, 1.165) is 5.56 Å². The van der Waals surface area contributed by atoms with Crippen LogP contribution in [0.15, 0.2) is 60.9 Å². The zero-order valence-corrected chi connectivity index (χ0v) is 17.4. The first-order valence-electron chi connectivity index (χ1n) is 9.49. The Kier molecular flexibility index (Phi) is 5.85. The van der Waals surface area contributed by atoms with Crippen molar-refractivity contribution in [3.05, 3.63) is 87.0 Å². The van der Waals surface area contributed by atoms with Crippen LogP contribution in [0.2, 0.25) is 0 Å². The molecule has 0 aliphatic heterocycles. The van der Waals surface area contributed by atoms with Crippen molar-refractivity contribution in [2.75, 3.05) is 11.9 Å². The van der Waals surface area contributed by atoms with Gasteiger partial charge in [0, 0.05) is 24.2 Å². The number of fused-ring (bicyclic) bond motifs is 1. The van der Waals surface area contributed by atoms with Gasteiger partial charge in [-0.15, -0.1) is 11.3 Å². The summed E-state index contributed by atoms with van der Waals surface area (Å²) in [6.07, 6.45) is 2.03. The monoisotopic (exact) mass is 434 g/mol. The highest BCUT2D eigenvalue weighted by Gasteiger charge is 2.21. The quantitative estimate of drug-likeness (QED) is 0.246. The fraction of sp³-hybridized carbons (Fsp3) is 0.136. The van der Waals surface area contributed by atoms with Crippen LogP contribution in [-0.2, 0) is 11.2 Å². The normalized spacial score (nSPS) is 10.7. The number of rotatable bonds is 7. The molecule has 156 valence electrons. The third-order valence-electron chi connectivity index (χ3n) is 4.70. The molecule has 0 atom stereocenters. The van der Waals surface area contributed by atoms with Gasteiger partial charge >= 0.3 is 5.97 Å². The second kappa shape index (κ2) is 8.88. The summed E-state index contributed by atoms with van der Waals surface area (Å²) in [5, 5.41) is 14.8. The number of nitrogens with zero attached hydrogens (tertiary/aromatic N) is 3. The maximum Gasteiger partial charge on any atom is 0.348 e. The van der Waals surface area contributed by atoms with E-state index >= 15 is 0 Å². The minimum absolute atomic E-state index is 0.0278. The summed E-state index contributed by atoms with van der Waals surface area (Å²) in [6.45, 7) is 2.09. The van der Waals surface area contributed by atoms with Crippen LogP contribution in [0, 0.1) is 17.0 Å². The van der Waals surface area contributed by atoms with E-state index < -0.39 is 10.9 Å². The number of hydrogen-bond acceptors (Lipinski definition) is 8. The number of nitro benzene ring substituents is 1. The molecule has 4 aromatic rings. The van der Waals surface area contributed by atoms with Crippen LogP contribution in [0.5, 0.6) is 0 Å². The molecular formula is C22H18N4O4S. The van der Waals surface area contributed by atoms with Crippen molar-refractivity contribution in [1.29, 1.82) is 0 Å². The molecule has 0 saturated carbocycles. The van der Waals surface area contributed by atoms with Gasteiger partial charge in [-0.25, -0.2) is 14.8 Å². The summed E-state index contributed by atoms with van der Waals surface area (Å²) in [5.41, 5.74) is 2.29. The van der Waals surface area contributed by atoms with E-state index in [0.29, 0.717) is 38.6 Å². The number of non-ortho nitro benzene ring substituents is 1. The van der Waals surface area contributed by atoms with Gasteiger partial charge in [-0.3, -0.25) is 10.1 Å². The minimum atomic E-state index is -0.458. The van der Waals surface area contributed by atoms with E-state index in [2.05, 4.69) is 15.3 Å². The molecule has 31 heavy (non-hydrogen) atoms. The van der Waals surface area contributed by atoms with E-state index in [1.165, 1.54) is 29.8 Å². The maximum absolute atomic E-state index is 12.7. The number of benzene rings is 2. The van der Waals surface area contributed by atoms with Gasteiger partial charge in [-0.1, -0.05) is 36.4 Å². The van der Waals surface area contributed by atoms with Crippen molar-refractivity contribution in [2.24, 2.45) is 0 Å². The summed E-state index contributed by atoms with van der Waals surface area (Å²) in [7, 11) is 0. The summed E-state index contributed by atoms with van der Waals surface area (Å²) in [6, 6.07) is 15.9. The molecule has 1 N–H and O–H groups in total. The number of carbonyl (C=O) groups is 1. The van der Waals surface area contributed by atoms with Crippen molar-refractivity contribution in [2.45, 2.75) is 13.3 Å². The van der Waals surface area contributed by atoms with Crippen LogP contribution in [0.3, 0.4) is 0 Å². The largest absolute Gasteiger partial charge is 0.461 e. The Labute approximate surface area is 181 Å². The second-order valence-electron chi connectivity index (χ2n) is 6.76. The minimum Gasteiger partial charge on any atom is -0.461 e. The molecule has 8 nitrogen and oxygen atoms in total. The number of thiophene rings is 1. The fourth-order valence-electron chi connectivity index (χ4n) is 3.17. The number of nitrogens with one attached hydrogen (secondary N) is 1. The first kappa shape index (κ1) is 20.4. The van der Waals surface area contributed by atoms with Gasteiger partial charge in [0.2, 0.25) is 0 Å². The average molecular weight is 434 g/mol. The van der Waals surface area contributed by atoms with Crippen molar-refractivity contribution >= 4 is 44.7 Å². The highest BCUT2D eigenvalue weighted by molar-refractivity contribution is 7.20. The third kappa shape index (κ3) is 4.51. The van der Waals surface area contributed by atoms with E-state index in [1.807, 2.05) is 37.3 Å². The number of hydrogen-bond donors (Lipinski definition) is 1. The zero-order valence-electron chi connectivity index (χ0n) is 16.6. The molecule has 2 aromatic carbocycles. The number of anilines is 2. The number of ether oxygens (including phenoxy) is 1. The number of esters is 1. The van der Waals surface area contributed by atoms with Crippen LogP contribution >= 0.6 is 11.3 Å². The number of nitro groups is 1. The maximum atomic E-state index is 12.7. The molecule has 0 amide bonds. The first-order valence-corrected chi connectivity index (χ1v) is 10.3. The molecule has 0 bridgehead atoms. The van der Waals surface area contributed by atoms with Gasteiger partial charge in [0.25, 0.3) is 5.69 Å². The van der Waals surface area contributed by atoms with Gasteiger partial charge in [0.1, 0.15) is 21.9 Å². The fourth-order valence-corrected chi connectivity index (χ4v) is 4.21. The molecule has 0 spiro atoms. The Hall–Kier alpha value is -3.85. The van der Waals surface area contributed by atoms with E-state index in [-0.39, 0.29) is 12.3 Å². The molecule has 0 radical (unpaired) electrons. The summed E-state index contributed by atoms with van der Waals surface area (Å²) < 4.78 is 5.47. The van der Waals surface area contributed by atoms with Crippen LogP contribution < -0.4 is 5.32 Å². The lowest BCUT2D eigenvalue weighted by atomic mass is 10.2. The topological polar surface area (TPSA) is 107 Å². The predicted octanol–water partition coefficient (Wildman–Crippen LogP) is 5.05. The Bertz CT molecular complexity index is 1260. The smallest absolute Gasteiger partial charge is 0.348 e. The van der Waals surface area contributed by atoms with Crippen LogP contribution in [0.4, 0.5) is 17.2 Å². The van der Waals surface area contributed by atoms with Gasteiger partial charge < -0.3 is 10.1 Å². The SMILES string of the molecule is Cc1c(C(=O)OCCc2ccccc2)sc2ncnc(Nc3cccc([N+](=O)[O-])c3)c12. The molecule has 0 aliphatic rings. The molecule has 4 rings (SSSR count). The zero-order chi connectivity index (χ0) is 21.8. The van der Waals surface area contributed by atoms with E-state index in [4.69, 9.17) is 4.74 Å². The van der Waals surface area contributed by atoms with Crippen molar-refractivity contribution < 1.29 is 14.5 Å². The third-order valence-corrected chi connectivity index (χ3v) is 5.88. The van der Waals surface area contributed by atoms with Crippen LogP contribution in [-0.4, -0.2) is 27.5 Å². The molecule has 0 aliphatic carbocycles. The van der Waals surface area contributed by atoms with Crippen molar-refractivity contribution in [1.82, 2.24) is 9.97 Å². The Balaban J connectivity index is 1.55. The first-order chi connectivity index (χ1) is 15.0. The Morgan fingerprint density at radius 3 is 2.74 bits per heavy atom. The average Bonchev–Trinajstić information content (AvgIpc) is 3.12. The van der Waals surface area contributed by atoms with E-state index in [1.54, 1.807) is 12.1 Å². The Morgan fingerprint density at radius 2 is 1.97 bits per heavy atom. The standard InChI is InChI=1S/C22H18N4O4S/c1-14-18-20(25-16-8-5-9-17(12-16)26(28)29)23-13-24-21(18)31-19(14)22(27)30-11-10-15-6-3-2-4-7-15/h2-9,12-13H,10-11H2,1H3,(H,23,24,25). The highest BCUT2D eigenvalue weighted by atomic mass is 32.1. The van der Waals surface area contributed by atoms with E-state index in [9.17, 15) is 14.9 Å². The van der Waals surface area contributed by atoms with Crippen molar-refractivity contribution in [3.63, 3.8) is 0 Å². The molecular weight excluding hydrogens is 416 g/mol. The van der Waals surface area contributed by atoms with Crippen molar-refractivity contribution in [3.8, 4) is 0 Å². The second-order valence-corrected chi connectivity index (χ2v) is 7.76.